The zero-order valence-corrected chi connectivity index (χ0v) is 13.0. The van der Waals surface area contributed by atoms with Crippen LogP contribution in [0.15, 0.2) is 42.5 Å². The van der Waals surface area contributed by atoms with Crippen molar-refractivity contribution < 1.29 is 4.74 Å². The first-order valence-electron chi connectivity index (χ1n) is 7.28. The van der Waals surface area contributed by atoms with Crippen LogP contribution in [0.25, 0.3) is 0 Å². The Labute approximate surface area is 126 Å². The third kappa shape index (κ3) is 4.12. The molecule has 21 heavy (non-hydrogen) atoms. The van der Waals surface area contributed by atoms with Crippen LogP contribution in [-0.4, -0.2) is 25.7 Å². The summed E-state index contributed by atoms with van der Waals surface area (Å²) in [5.74, 6) is 2.77. The molecule has 0 aliphatic rings. The summed E-state index contributed by atoms with van der Waals surface area (Å²) in [6, 6.07) is 14.1. The Kier molecular flexibility index (Phi) is 5.43. The number of hydrogen-bond acceptors (Lipinski definition) is 4. The van der Waals surface area contributed by atoms with Crippen molar-refractivity contribution in [1.29, 1.82) is 0 Å². The van der Waals surface area contributed by atoms with Gasteiger partial charge in [-0.15, -0.1) is 0 Å². The number of ether oxygens (including phenoxy) is 1. The van der Waals surface area contributed by atoms with Crippen LogP contribution in [-0.2, 0) is 6.54 Å². The molecule has 1 N–H and O–H groups in total. The van der Waals surface area contributed by atoms with Crippen molar-refractivity contribution in [1.82, 2.24) is 4.98 Å². The molecule has 0 bridgehead atoms. The molecule has 0 unspecified atom stereocenters. The molecule has 0 amide bonds. The third-order valence-corrected chi connectivity index (χ3v) is 3.28. The molecule has 0 saturated heterocycles. The standard InChI is InChI=1S/C17H23N3O/c1-4-12-18-16-10-7-11-17(19-16)20(2)13-14-8-5-6-9-15(14)21-3/h5-11H,4,12-13H2,1-3H3,(H,18,19). The summed E-state index contributed by atoms with van der Waals surface area (Å²) >= 11 is 0. The normalized spacial score (nSPS) is 10.2. The van der Waals surface area contributed by atoms with Crippen LogP contribution in [0.5, 0.6) is 5.75 Å². The molecular weight excluding hydrogens is 262 g/mol. The topological polar surface area (TPSA) is 37.4 Å². The second-order valence-electron chi connectivity index (χ2n) is 4.98. The molecule has 0 atom stereocenters. The van der Waals surface area contributed by atoms with Crippen LogP contribution in [0.1, 0.15) is 18.9 Å². The number of nitrogens with zero attached hydrogens (tertiary/aromatic N) is 2. The first-order valence-corrected chi connectivity index (χ1v) is 7.28. The Bertz CT molecular complexity index is 571. The molecule has 0 aliphatic carbocycles. The molecule has 4 heteroatoms. The van der Waals surface area contributed by atoms with Crippen molar-refractivity contribution in [2.24, 2.45) is 0 Å². The molecule has 0 fully saturated rings. The van der Waals surface area contributed by atoms with E-state index in [-0.39, 0.29) is 0 Å². The molecule has 0 spiro atoms. The molecule has 2 rings (SSSR count). The van der Waals surface area contributed by atoms with E-state index in [1.54, 1.807) is 7.11 Å². The van der Waals surface area contributed by atoms with Crippen molar-refractivity contribution >= 4 is 11.6 Å². The summed E-state index contributed by atoms with van der Waals surface area (Å²) in [4.78, 5) is 6.76. The maximum Gasteiger partial charge on any atom is 0.130 e. The van der Waals surface area contributed by atoms with Gasteiger partial charge < -0.3 is 15.0 Å². The van der Waals surface area contributed by atoms with Crippen LogP contribution in [0, 0.1) is 0 Å². The van der Waals surface area contributed by atoms with Gasteiger partial charge in [0.15, 0.2) is 0 Å². The second kappa shape index (κ2) is 7.53. The highest BCUT2D eigenvalue weighted by Crippen LogP contribution is 2.21. The zero-order valence-electron chi connectivity index (χ0n) is 13.0. The smallest absolute Gasteiger partial charge is 0.130 e. The molecule has 1 heterocycles. The molecule has 1 aromatic carbocycles. The van der Waals surface area contributed by atoms with E-state index in [1.807, 2.05) is 43.4 Å². The average Bonchev–Trinajstić information content (AvgIpc) is 2.53. The Morgan fingerprint density at radius 2 is 1.95 bits per heavy atom. The van der Waals surface area contributed by atoms with Crippen molar-refractivity contribution in [2.75, 3.05) is 30.9 Å². The maximum atomic E-state index is 5.40. The van der Waals surface area contributed by atoms with E-state index in [1.165, 1.54) is 0 Å². The Hall–Kier alpha value is -2.23. The van der Waals surface area contributed by atoms with E-state index in [2.05, 4.69) is 28.2 Å². The highest BCUT2D eigenvalue weighted by Gasteiger charge is 2.08. The summed E-state index contributed by atoms with van der Waals surface area (Å²) < 4.78 is 5.40. The van der Waals surface area contributed by atoms with Crippen molar-refractivity contribution in [3.8, 4) is 5.75 Å². The summed E-state index contributed by atoms with van der Waals surface area (Å²) in [5, 5.41) is 3.31. The number of para-hydroxylation sites is 1. The van der Waals surface area contributed by atoms with Crippen LogP contribution in [0.3, 0.4) is 0 Å². The number of aromatic nitrogens is 1. The molecule has 1 aromatic heterocycles. The van der Waals surface area contributed by atoms with Crippen LogP contribution in [0.4, 0.5) is 11.6 Å². The highest BCUT2D eigenvalue weighted by molar-refractivity contribution is 5.48. The van der Waals surface area contributed by atoms with Gasteiger partial charge in [0.2, 0.25) is 0 Å². The number of pyridine rings is 1. The van der Waals surface area contributed by atoms with E-state index >= 15 is 0 Å². The van der Waals surface area contributed by atoms with E-state index < -0.39 is 0 Å². The number of hydrogen-bond donors (Lipinski definition) is 1. The van der Waals surface area contributed by atoms with Crippen molar-refractivity contribution in [3.05, 3.63) is 48.0 Å². The van der Waals surface area contributed by atoms with Crippen molar-refractivity contribution in [3.63, 3.8) is 0 Å². The minimum absolute atomic E-state index is 0.758. The minimum Gasteiger partial charge on any atom is -0.496 e. The molecule has 2 aromatic rings. The lowest BCUT2D eigenvalue weighted by Gasteiger charge is -2.20. The Morgan fingerprint density at radius 3 is 2.71 bits per heavy atom. The molecule has 112 valence electrons. The summed E-state index contributed by atoms with van der Waals surface area (Å²) in [7, 11) is 3.74. The van der Waals surface area contributed by atoms with Gasteiger partial charge in [0, 0.05) is 25.7 Å². The lowest BCUT2D eigenvalue weighted by atomic mass is 10.2. The quantitative estimate of drug-likeness (QED) is 0.844. The number of rotatable bonds is 7. The summed E-state index contributed by atoms with van der Waals surface area (Å²) in [5.41, 5.74) is 1.15. The second-order valence-corrected chi connectivity index (χ2v) is 4.98. The fraction of sp³-hybridized carbons (Fsp3) is 0.353. The van der Waals surface area contributed by atoms with Gasteiger partial charge in [-0.3, -0.25) is 0 Å². The molecular formula is C17H23N3O. The first kappa shape index (κ1) is 15.2. The van der Waals surface area contributed by atoms with Gasteiger partial charge in [-0.05, 0) is 24.6 Å². The van der Waals surface area contributed by atoms with Gasteiger partial charge in [-0.1, -0.05) is 31.2 Å². The van der Waals surface area contributed by atoms with Gasteiger partial charge in [-0.25, -0.2) is 4.98 Å². The van der Waals surface area contributed by atoms with E-state index in [0.717, 1.165) is 42.5 Å². The largest absolute Gasteiger partial charge is 0.496 e. The average molecular weight is 285 g/mol. The SMILES string of the molecule is CCCNc1cccc(N(C)Cc2ccccc2OC)n1. The predicted molar refractivity (Wildman–Crippen MR) is 88.1 cm³/mol. The van der Waals surface area contributed by atoms with Crippen LogP contribution in [0.2, 0.25) is 0 Å². The maximum absolute atomic E-state index is 5.40. The number of methoxy groups -OCH3 is 1. The Balaban J connectivity index is 2.10. The summed E-state index contributed by atoms with van der Waals surface area (Å²) in [6.07, 6.45) is 1.09. The predicted octanol–water partition coefficient (Wildman–Crippen LogP) is 3.55. The van der Waals surface area contributed by atoms with E-state index in [4.69, 9.17) is 4.74 Å². The van der Waals surface area contributed by atoms with Gasteiger partial charge in [0.25, 0.3) is 0 Å². The number of benzene rings is 1. The monoisotopic (exact) mass is 285 g/mol. The third-order valence-electron chi connectivity index (χ3n) is 3.28. The van der Waals surface area contributed by atoms with E-state index in [0.29, 0.717) is 0 Å². The van der Waals surface area contributed by atoms with Gasteiger partial charge in [0.1, 0.15) is 17.4 Å². The van der Waals surface area contributed by atoms with Crippen LogP contribution >= 0.6 is 0 Å². The fourth-order valence-electron chi connectivity index (χ4n) is 2.16. The summed E-state index contributed by atoms with van der Waals surface area (Å²) in [6.45, 7) is 3.84. The molecule has 0 saturated carbocycles. The molecule has 4 nitrogen and oxygen atoms in total. The highest BCUT2D eigenvalue weighted by atomic mass is 16.5. The van der Waals surface area contributed by atoms with E-state index in [9.17, 15) is 0 Å². The fourth-order valence-corrected chi connectivity index (χ4v) is 2.16. The van der Waals surface area contributed by atoms with Gasteiger partial charge in [0.05, 0.1) is 7.11 Å². The van der Waals surface area contributed by atoms with Crippen molar-refractivity contribution in [2.45, 2.75) is 19.9 Å². The van der Waals surface area contributed by atoms with Crippen LogP contribution < -0.4 is 15.0 Å². The lowest BCUT2D eigenvalue weighted by molar-refractivity contribution is 0.409. The van der Waals surface area contributed by atoms with Gasteiger partial charge >= 0.3 is 0 Å². The zero-order chi connectivity index (χ0) is 15.1. The lowest BCUT2D eigenvalue weighted by Crippen LogP contribution is -2.18. The first-order chi connectivity index (χ1) is 10.2. The number of nitrogens with one attached hydrogen (secondary N) is 1. The Morgan fingerprint density at radius 1 is 1.14 bits per heavy atom. The molecule has 0 radical (unpaired) electrons. The van der Waals surface area contributed by atoms with Gasteiger partial charge in [-0.2, -0.15) is 0 Å². The molecule has 0 aliphatic heterocycles. The number of anilines is 2. The minimum atomic E-state index is 0.758.